The molecular formula is C17H14ClF3N2O7S. The SMILES string of the molecule is CC(Oc1cc(Oc2ccc(C(F)(F)F)cc2Cl)ccc1[N+](=O)[O-])C(=O)NS(C)(=O)=O. The highest BCUT2D eigenvalue weighted by Crippen LogP contribution is 2.38. The van der Waals surface area contributed by atoms with Crippen LogP contribution in [0.15, 0.2) is 36.4 Å². The number of hydrogen-bond donors (Lipinski definition) is 1. The van der Waals surface area contributed by atoms with E-state index in [-0.39, 0.29) is 16.5 Å². The molecule has 0 fully saturated rings. The van der Waals surface area contributed by atoms with Gasteiger partial charge < -0.3 is 9.47 Å². The summed E-state index contributed by atoms with van der Waals surface area (Å²) in [6.45, 7) is 1.16. The standard InChI is InChI=1S/C17H14ClF3N2O7S/c1-9(16(24)22-31(2,27)28)29-15-8-11(4-5-13(15)23(25)26)30-14-6-3-10(7-12(14)18)17(19,20)21/h3-9H,1-2H3,(H,22,24). The Morgan fingerprint density at radius 2 is 1.84 bits per heavy atom. The van der Waals surface area contributed by atoms with Crippen LogP contribution in [0.3, 0.4) is 0 Å². The van der Waals surface area contributed by atoms with Gasteiger partial charge in [-0.1, -0.05) is 11.6 Å². The number of nitrogens with one attached hydrogen (secondary N) is 1. The van der Waals surface area contributed by atoms with Gasteiger partial charge in [-0.3, -0.25) is 19.6 Å². The van der Waals surface area contributed by atoms with Crippen LogP contribution in [0, 0.1) is 10.1 Å². The molecule has 0 aliphatic heterocycles. The van der Waals surface area contributed by atoms with Gasteiger partial charge in [0.2, 0.25) is 15.8 Å². The Labute approximate surface area is 178 Å². The van der Waals surface area contributed by atoms with Gasteiger partial charge in [0.25, 0.3) is 5.91 Å². The molecule has 0 heterocycles. The highest BCUT2D eigenvalue weighted by molar-refractivity contribution is 7.89. The molecule has 2 rings (SSSR count). The Balaban J connectivity index is 2.31. The maximum Gasteiger partial charge on any atom is 0.416 e. The maximum atomic E-state index is 12.7. The zero-order valence-electron chi connectivity index (χ0n) is 15.8. The molecule has 0 aliphatic carbocycles. The number of carbonyl (C=O) groups excluding carboxylic acids is 1. The van der Waals surface area contributed by atoms with Gasteiger partial charge in [0.05, 0.1) is 21.8 Å². The number of rotatable bonds is 7. The molecule has 2 aromatic rings. The van der Waals surface area contributed by atoms with Crippen LogP contribution < -0.4 is 14.2 Å². The summed E-state index contributed by atoms with van der Waals surface area (Å²) in [5.41, 5.74) is -1.56. The van der Waals surface area contributed by atoms with Crippen LogP contribution >= 0.6 is 11.6 Å². The largest absolute Gasteiger partial charge is 0.474 e. The van der Waals surface area contributed by atoms with E-state index in [0.717, 1.165) is 43.5 Å². The van der Waals surface area contributed by atoms with Gasteiger partial charge in [0.1, 0.15) is 11.5 Å². The maximum absolute atomic E-state index is 12.7. The summed E-state index contributed by atoms with van der Waals surface area (Å²) in [7, 11) is -3.89. The summed E-state index contributed by atoms with van der Waals surface area (Å²) in [6, 6.07) is 5.48. The smallest absolute Gasteiger partial charge is 0.416 e. The number of alkyl halides is 3. The lowest BCUT2D eigenvalue weighted by Gasteiger charge is -2.15. The average Bonchev–Trinajstić information content (AvgIpc) is 2.61. The van der Waals surface area contributed by atoms with Gasteiger partial charge in [-0.2, -0.15) is 13.2 Å². The van der Waals surface area contributed by atoms with Crippen molar-refractivity contribution in [3.8, 4) is 17.2 Å². The van der Waals surface area contributed by atoms with E-state index in [1.54, 1.807) is 4.72 Å². The highest BCUT2D eigenvalue weighted by atomic mass is 35.5. The second-order valence-electron chi connectivity index (χ2n) is 6.13. The van der Waals surface area contributed by atoms with Gasteiger partial charge in [0.15, 0.2) is 6.10 Å². The molecule has 9 nitrogen and oxygen atoms in total. The lowest BCUT2D eigenvalue weighted by molar-refractivity contribution is -0.386. The van der Waals surface area contributed by atoms with Crippen molar-refractivity contribution >= 4 is 33.2 Å². The van der Waals surface area contributed by atoms with Crippen molar-refractivity contribution in [3.05, 3.63) is 57.1 Å². The quantitative estimate of drug-likeness (QED) is 0.468. The molecule has 2 aromatic carbocycles. The average molecular weight is 483 g/mol. The van der Waals surface area contributed by atoms with Crippen molar-refractivity contribution in [2.24, 2.45) is 0 Å². The molecule has 0 radical (unpaired) electrons. The van der Waals surface area contributed by atoms with E-state index < -0.39 is 50.1 Å². The summed E-state index contributed by atoms with van der Waals surface area (Å²) < 4.78 is 72.8. The summed E-state index contributed by atoms with van der Waals surface area (Å²) in [6.07, 6.45) is -5.32. The molecule has 1 amide bonds. The van der Waals surface area contributed by atoms with Gasteiger partial charge in [-0.15, -0.1) is 0 Å². The first-order valence-corrected chi connectivity index (χ1v) is 10.5. The second-order valence-corrected chi connectivity index (χ2v) is 8.29. The van der Waals surface area contributed by atoms with E-state index in [1.165, 1.54) is 0 Å². The molecule has 0 aliphatic rings. The first-order valence-electron chi connectivity index (χ1n) is 8.18. The molecule has 31 heavy (non-hydrogen) atoms. The fourth-order valence-corrected chi connectivity index (χ4v) is 2.95. The number of nitro groups is 1. The van der Waals surface area contributed by atoms with Crippen molar-refractivity contribution in [1.29, 1.82) is 0 Å². The van der Waals surface area contributed by atoms with Crippen molar-refractivity contribution in [1.82, 2.24) is 4.72 Å². The minimum absolute atomic E-state index is 0.0991. The molecular weight excluding hydrogens is 469 g/mol. The van der Waals surface area contributed by atoms with Crippen LogP contribution in [-0.4, -0.2) is 31.6 Å². The van der Waals surface area contributed by atoms with Crippen LogP contribution in [-0.2, 0) is 21.0 Å². The van der Waals surface area contributed by atoms with Crippen LogP contribution in [0.25, 0.3) is 0 Å². The molecule has 0 saturated heterocycles. The van der Waals surface area contributed by atoms with Gasteiger partial charge in [0, 0.05) is 12.1 Å². The van der Waals surface area contributed by atoms with Crippen LogP contribution in [0.5, 0.6) is 17.2 Å². The van der Waals surface area contributed by atoms with Crippen molar-refractivity contribution in [3.63, 3.8) is 0 Å². The first-order chi connectivity index (χ1) is 14.2. The van der Waals surface area contributed by atoms with Crippen LogP contribution in [0.4, 0.5) is 18.9 Å². The number of carbonyl (C=O) groups is 1. The number of nitro benzene ring substituents is 1. The highest BCUT2D eigenvalue weighted by Gasteiger charge is 2.31. The summed E-state index contributed by atoms with van der Waals surface area (Å²) in [5.74, 6) is -1.79. The number of amides is 1. The van der Waals surface area contributed by atoms with E-state index in [1.807, 2.05) is 0 Å². The molecule has 168 valence electrons. The number of hydrogen-bond acceptors (Lipinski definition) is 7. The van der Waals surface area contributed by atoms with Gasteiger partial charge in [-0.05, 0) is 31.2 Å². The summed E-state index contributed by atoms with van der Waals surface area (Å²) in [4.78, 5) is 22.3. The van der Waals surface area contributed by atoms with Gasteiger partial charge in [-0.25, -0.2) is 8.42 Å². The predicted molar refractivity (Wildman–Crippen MR) is 103 cm³/mol. The number of nitrogens with zero attached hydrogens (tertiary/aromatic N) is 1. The third-order valence-electron chi connectivity index (χ3n) is 3.57. The van der Waals surface area contributed by atoms with E-state index in [0.29, 0.717) is 6.07 Å². The minimum Gasteiger partial charge on any atom is -0.474 e. The molecule has 1 atom stereocenters. The number of ether oxygens (including phenoxy) is 2. The molecule has 0 saturated carbocycles. The predicted octanol–water partition coefficient (Wildman–Crippen LogP) is 3.90. The molecule has 0 spiro atoms. The number of benzene rings is 2. The number of sulfonamides is 1. The molecule has 0 bridgehead atoms. The third kappa shape index (κ3) is 6.72. The Morgan fingerprint density at radius 3 is 2.35 bits per heavy atom. The van der Waals surface area contributed by atoms with E-state index in [4.69, 9.17) is 21.1 Å². The summed E-state index contributed by atoms with van der Waals surface area (Å²) >= 11 is 5.82. The number of halogens is 4. The Kier molecular flexibility index (Phi) is 7.01. The normalized spacial score (nSPS) is 12.7. The fourth-order valence-electron chi connectivity index (χ4n) is 2.20. The molecule has 0 aromatic heterocycles. The topological polar surface area (TPSA) is 125 Å². The third-order valence-corrected chi connectivity index (χ3v) is 4.44. The zero-order chi connectivity index (χ0) is 23.6. The van der Waals surface area contributed by atoms with Crippen LogP contribution in [0.1, 0.15) is 12.5 Å². The van der Waals surface area contributed by atoms with Crippen molar-refractivity contribution in [2.45, 2.75) is 19.2 Å². The molecule has 1 N–H and O–H groups in total. The second kappa shape index (κ2) is 8.98. The zero-order valence-corrected chi connectivity index (χ0v) is 17.3. The minimum atomic E-state index is -4.61. The van der Waals surface area contributed by atoms with E-state index in [2.05, 4.69) is 0 Å². The van der Waals surface area contributed by atoms with E-state index in [9.17, 15) is 36.5 Å². The molecule has 1 unspecified atom stereocenters. The lowest BCUT2D eigenvalue weighted by atomic mass is 10.2. The van der Waals surface area contributed by atoms with Crippen molar-refractivity contribution < 1.29 is 40.8 Å². The fraction of sp³-hybridized carbons (Fsp3) is 0.235. The molecule has 14 heteroatoms. The first kappa shape index (κ1) is 24.2. The Morgan fingerprint density at radius 1 is 1.19 bits per heavy atom. The van der Waals surface area contributed by atoms with E-state index >= 15 is 0 Å². The Bertz CT molecular complexity index is 1120. The van der Waals surface area contributed by atoms with Crippen molar-refractivity contribution in [2.75, 3.05) is 6.26 Å². The Hall–Kier alpha value is -3.06. The van der Waals surface area contributed by atoms with Gasteiger partial charge >= 0.3 is 11.9 Å². The summed E-state index contributed by atoms with van der Waals surface area (Å²) in [5, 5.41) is 10.9. The monoisotopic (exact) mass is 482 g/mol. The van der Waals surface area contributed by atoms with Crippen LogP contribution in [0.2, 0.25) is 5.02 Å². The lowest BCUT2D eigenvalue weighted by Crippen LogP contribution is -2.39.